The molecule has 0 aromatic rings. The van der Waals surface area contributed by atoms with Gasteiger partial charge in [0, 0.05) is 6.42 Å². The van der Waals surface area contributed by atoms with Crippen LogP contribution in [0.3, 0.4) is 0 Å². The molecule has 0 radical (unpaired) electrons. The molecule has 7 heteroatoms. The summed E-state index contributed by atoms with van der Waals surface area (Å²) in [5, 5.41) is -1.38. The van der Waals surface area contributed by atoms with Crippen molar-refractivity contribution in [3.63, 3.8) is 0 Å². The van der Waals surface area contributed by atoms with E-state index >= 15 is 0 Å². The number of unbranched alkanes of at least 4 members (excludes halogenated alkanes) is 1. The largest absolute Gasteiger partial charge is 0.482 e. The zero-order valence-corrected chi connectivity index (χ0v) is 9.01. The first-order valence-corrected chi connectivity index (χ1v) is 6.07. The summed E-state index contributed by atoms with van der Waals surface area (Å²) in [5.74, 6) is -1.10. The van der Waals surface area contributed by atoms with Crippen molar-refractivity contribution in [2.24, 2.45) is 5.73 Å². The van der Waals surface area contributed by atoms with Crippen LogP contribution in [0.2, 0.25) is 0 Å². The molecular weight excluding hydrogens is 213 g/mol. The molecule has 13 heavy (non-hydrogen) atoms. The summed E-state index contributed by atoms with van der Waals surface area (Å²) < 4.78 is 26.2. The van der Waals surface area contributed by atoms with E-state index in [9.17, 15) is 4.57 Å². The van der Waals surface area contributed by atoms with E-state index in [0.717, 1.165) is 12.8 Å². The van der Waals surface area contributed by atoms with Gasteiger partial charge >= 0.3 is 7.82 Å². The zero-order valence-electron chi connectivity index (χ0n) is 7.23. The second-order valence-electron chi connectivity index (χ2n) is 3.27. The molecule has 0 aromatic carbocycles. The maximum Gasteiger partial charge on any atom is 0.482 e. The lowest BCUT2D eigenvalue weighted by atomic mass is 10.1. The highest BCUT2D eigenvalue weighted by Crippen LogP contribution is 2.78. The lowest BCUT2D eigenvalue weighted by molar-refractivity contribution is -0.195. The Kier molecular flexibility index (Phi) is 2.08. The van der Waals surface area contributed by atoms with Crippen LogP contribution in [0.25, 0.3) is 0 Å². The number of phosphoric acid groups is 1. The summed E-state index contributed by atoms with van der Waals surface area (Å²) in [6.45, 7) is 2.03. The van der Waals surface area contributed by atoms with Crippen LogP contribution >= 0.6 is 20.5 Å². The molecule has 5 nitrogen and oxygen atoms in total. The predicted molar refractivity (Wildman–Crippen MR) is 49.0 cm³/mol. The molecule has 3 fully saturated rings. The molecule has 1 unspecified atom stereocenters. The van der Waals surface area contributed by atoms with E-state index in [1.54, 1.807) is 0 Å². The van der Waals surface area contributed by atoms with E-state index < -0.39 is 18.7 Å². The number of fused-ring (bicyclic) bond motifs is 1. The Morgan fingerprint density at radius 1 is 1.46 bits per heavy atom. The van der Waals surface area contributed by atoms with Gasteiger partial charge in [0.1, 0.15) is 0 Å². The Balaban J connectivity index is 2.13. The summed E-state index contributed by atoms with van der Waals surface area (Å²) in [4.78, 5) is 0. The third-order valence-electron chi connectivity index (χ3n) is 2.17. The fourth-order valence-electron chi connectivity index (χ4n) is 1.46. The Bertz CT molecular complexity index is 272. The molecule has 0 aliphatic carbocycles. The molecule has 3 aliphatic rings. The SMILES string of the molecule is CCCCC12OP(=O)(OC1(N)S)O2. The molecule has 2 bridgehead atoms. The smallest absolute Gasteiger partial charge is 0.290 e. The number of phosphoric ester groups is 1. The molecule has 3 rings (SSSR count). The zero-order chi connectivity index (χ0) is 9.74. The standard InChI is InChI=1S/C6H12NO4PS/c1-2-3-4-5-6(7,13)11-12(8,9-5)10-5/h13H,2-4,7H2,1H3. The number of hydrogen-bond acceptors (Lipinski definition) is 6. The van der Waals surface area contributed by atoms with Crippen LogP contribution in [0, 0.1) is 0 Å². The molecule has 2 N–H and O–H groups in total. The van der Waals surface area contributed by atoms with Crippen molar-refractivity contribution in [1.29, 1.82) is 0 Å². The molecule has 3 saturated heterocycles. The average molecular weight is 225 g/mol. The monoisotopic (exact) mass is 225 g/mol. The Labute approximate surface area is 81.9 Å². The van der Waals surface area contributed by atoms with Gasteiger partial charge in [-0.1, -0.05) is 13.3 Å². The lowest BCUT2D eigenvalue weighted by Crippen LogP contribution is -2.55. The van der Waals surface area contributed by atoms with Gasteiger partial charge in [0.25, 0.3) is 0 Å². The van der Waals surface area contributed by atoms with Gasteiger partial charge < -0.3 is 0 Å². The van der Waals surface area contributed by atoms with Crippen molar-refractivity contribution in [3.8, 4) is 0 Å². The maximum atomic E-state index is 11.3. The van der Waals surface area contributed by atoms with Crippen LogP contribution in [-0.2, 0) is 18.1 Å². The maximum absolute atomic E-state index is 11.3. The molecule has 0 aromatic heterocycles. The van der Waals surface area contributed by atoms with Crippen molar-refractivity contribution in [2.75, 3.05) is 0 Å². The number of hydrogen-bond donors (Lipinski definition) is 2. The first-order valence-electron chi connectivity index (χ1n) is 4.17. The number of rotatable bonds is 3. The summed E-state index contributed by atoms with van der Waals surface area (Å²) in [6, 6.07) is 0. The van der Waals surface area contributed by atoms with Gasteiger partial charge in [0.05, 0.1) is 0 Å². The van der Waals surface area contributed by atoms with E-state index in [1.807, 2.05) is 6.92 Å². The topological polar surface area (TPSA) is 70.8 Å². The van der Waals surface area contributed by atoms with E-state index in [2.05, 4.69) is 12.6 Å². The third kappa shape index (κ3) is 1.28. The fraction of sp³-hybridized carbons (Fsp3) is 1.00. The van der Waals surface area contributed by atoms with Crippen molar-refractivity contribution < 1.29 is 18.1 Å². The van der Waals surface area contributed by atoms with Gasteiger partial charge in [0.15, 0.2) is 0 Å². The van der Waals surface area contributed by atoms with Crippen molar-refractivity contribution in [2.45, 2.75) is 37.0 Å². The second kappa shape index (κ2) is 2.72. The van der Waals surface area contributed by atoms with Crippen molar-refractivity contribution in [1.82, 2.24) is 0 Å². The normalized spacial score (nSPS) is 53.5. The van der Waals surface area contributed by atoms with E-state index in [-0.39, 0.29) is 0 Å². The van der Waals surface area contributed by atoms with Crippen molar-refractivity contribution >= 4 is 20.5 Å². The molecule has 1 atom stereocenters. The second-order valence-corrected chi connectivity index (χ2v) is 5.38. The predicted octanol–water partition coefficient (Wildman–Crippen LogP) is 1.60. The quantitative estimate of drug-likeness (QED) is 0.433. The number of thiol groups is 1. The van der Waals surface area contributed by atoms with Crippen LogP contribution < -0.4 is 5.73 Å². The Morgan fingerprint density at radius 3 is 2.46 bits per heavy atom. The lowest BCUT2D eigenvalue weighted by Gasteiger charge is -2.37. The number of nitrogens with two attached hydrogens (primary N) is 1. The van der Waals surface area contributed by atoms with Gasteiger partial charge in [-0.05, 0) is 6.42 Å². The van der Waals surface area contributed by atoms with E-state index in [0.29, 0.717) is 6.42 Å². The first kappa shape index (κ1) is 9.96. The minimum absolute atomic E-state index is 0.549. The van der Waals surface area contributed by atoms with Gasteiger partial charge in [0.2, 0.25) is 10.8 Å². The summed E-state index contributed by atoms with van der Waals surface area (Å²) in [7, 11) is -3.33. The average Bonchev–Trinajstić information content (AvgIpc) is 2.24. The van der Waals surface area contributed by atoms with E-state index in [4.69, 9.17) is 19.3 Å². The van der Waals surface area contributed by atoms with Crippen LogP contribution in [0.15, 0.2) is 0 Å². The van der Waals surface area contributed by atoms with Crippen LogP contribution in [0.1, 0.15) is 26.2 Å². The molecule has 0 spiro atoms. The molecule has 3 aliphatic heterocycles. The van der Waals surface area contributed by atoms with Gasteiger partial charge in [-0.3, -0.25) is 5.73 Å². The minimum Gasteiger partial charge on any atom is -0.290 e. The minimum atomic E-state index is -3.33. The van der Waals surface area contributed by atoms with Gasteiger partial charge in [-0.15, -0.1) is 12.6 Å². The molecule has 0 amide bonds. The highest BCUT2D eigenvalue weighted by Gasteiger charge is 2.76. The van der Waals surface area contributed by atoms with Gasteiger partial charge in [-0.25, -0.2) is 18.1 Å². The summed E-state index contributed by atoms with van der Waals surface area (Å²) in [5.41, 5.74) is 5.64. The Morgan fingerprint density at radius 2 is 2.08 bits per heavy atom. The van der Waals surface area contributed by atoms with Gasteiger partial charge in [-0.2, -0.15) is 0 Å². The highest BCUT2D eigenvalue weighted by molar-refractivity contribution is 7.82. The molecule has 3 heterocycles. The van der Waals surface area contributed by atoms with Crippen LogP contribution in [0.4, 0.5) is 0 Å². The molecular formula is C6H12NO4PS. The van der Waals surface area contributed by atoms with Crippen molar-refractivity contribution in [3.05, 3.63) is 0 Å². The van der Waals surface area contributed by atoms with Crippen LogP contribution in [-0.4, -0.2) is 10.8 Å². The van der Waals surface area contributed by atoms with E-state index in [1.165, 1.54) is 0 Å². The van der Waals surface area contributed by atoms with Crippen LogP contribution in [0.5, 0.6) is 0 Å². The summed E-state index contributed by atoms with van der Waals surface area (Å²) >= 11 is 4.03. The molecule has 76 valence electrons. The fourth-order valence-corrected chi connectivity index (χ4v) is 3.85. The summed E-state index contributed by atoms with van der Waals surface area (Å²) in [6.07, 6.45) is 2.39. The highest BCUT2D eigenvalue weighted by atomic mass is 32.1. The third-order valence-corrected chi connectivity index (χ3v) is 4.30. The first-order chi connectivity index (χ1) is 5.93. The molecule has 0 saturated carbocycles. The Hall–Kier alpha value is 0.420.